The van der Waals surface area contributed by atoms with Crippen LogP contribution >= 0.6 is 11.6 Å². The molecule has 1 saturated heterocycles. The SMILES string of the molecule is Nc1ncc(C2CCC(=O)NC2)cc1-c1ccc(C(=O)NC(CO)c2cccc(Cl)c2)c(F)c1. The Kier molecular flexibility index (Phi) is 7.09. The average Bonchev–Trinajstić information content (AvgIpc) is 2.83. The lowest BCUT2D eigenvalue weighted by atomic mass is 9.90. The second kappa shape index (κ2) is 10.2. The monoisotopic (exact) mass is 482 g/mol. The van der Waals surface area contributed by atoms with E-state index in [2.05, 4.69) is 15.6 Å². The van der Waals surface area contributed by atoms with Crippen molar-refractivity contribution in [2.24, 2.45) is 0 Å². The summed E-state index contributed by atoms with van der Waals surface area (Å²) in [5, 5.41) is 15.6. The summed E-state index contributed by atoms with van der Waals surface area (Å²) in [4.78, 5) is 28.4. The number of halogens is 2. The Balaban J connectivity index is 1.55. The van der Waals surface area contributed by atoms with Crippen molar-refractivity contribution in [2.75, 3.05) is 18.9 Å². The number of nitrogen functional groups attached to an aromatic ring is 1. The van der Waals surface area contributed by atoms with Gasteiger partial charge < -0.3 is 21.5 Å². The Morgan fingerprint density at radius 1 is 1.29 bits per heavy atom. The third kappa shape index (κ3) is 5.18. The molecule has 9 heteroatoms. The molecule has 0 aliphatic carbocycles. The van der Waals surface area contributed by atoms with E-state index in [1.54, 1.807) is 36.5 Å². The largest absolute Gasteiger partial charge is 0.394 e. The van der Waals surface area contributed by atoms with Crippen molar-refractivity contribution < 1.29 is 19.1 Å². The number of nitrogens with one attached hydrogen (secondary N) is 2. The summed E-state index contributed by atoms with van der Waals surface area (Å²) in [7, 11) is 0. The van der Waals surface area contributed by atoms with Crippen molar-refractivity contribution in [1.82, 2.24) is 15.6 Å². The fourth-order valence-electron chi connectivity index (χ4n) is 4.02. The molecule has 34 heavy (non-hydrogen) atoms. The van der Waals surface area contributed by atoms with Crippen LogP contribution in [0.2, 0.25) is 5.02 Å². The van der Waals surface area contributed by atoms with Crippen LogP contribution in [-0.4, -0.2) is 35.1 Å². The van der Waals surface area contributed by atoms with Crippen LogP contribution in [0.1, 0.15) is 46.3 Å². The van der Waals surface area contributed by atoms with E-state index in [4.69, 9.17) is 17.3 Å². The molecule has 0 saturated carbocycles. The van der Waals surface area contributed by atoms with Gasteiger partial charge in [0, 0.05) is 35.7 Å². The first-order chi connectivity index (χ1) is 16.4. The smallest absolute Gasteiger partial charge is 0.254 e. The topological polar surface area (TPSA) is 117 Å². The van der Waals surface area contributed by atoms with Crippen molar-refractivity contribution in [1.29, 1.82) is 0 Å². The molecule has 3 aromatic rings. The number of nitrogens with zero attached hydrogens (tertiary/aromatic N) is 1. The third-order valence-electron chi connectivity index (χ3n) is 5.94. The van der Waals surface area contributed by atoms with Crippen LogP contribution in [0.4, 0.5) is 10.2 Å². The molecule has 2 amide bonds. The molecule has 2 unspecified atom stereocenters. The Morgan fingerprint density at radius 3 is 2.79 bits per heavy atom. The highest BCUT2D eigenvalue weighted by Gasteiger charge is 2.22. The van der Waals surface area contributed by atoms with Gasteiger partial charge in [0.05, 0.1) is 18.2 Å². The van der Waals surface area contributed by atoms with E-state index in [-0.39, 0.29) is 29.8 Å². The number of nitrogens with two attached hydrogens (primary N) is 1. The number of carbonyl (C=O) groups is 2. The van der Waals surface area contributed by atoms with Gasteiger partial charge in [-0.1, -0.05) is 29.8 Å². The molecule has 0 radical (unpaired) electrons. The zero-order valence-corrected chi connectivity index (χ0v) is 19.0. The highest BCUT2D eigenvalue weighted by atomic mass is 35.5. The maximum absolute atomic E-state index is 15.0. The van der Waals surface area contributed by atoms with Crippen LogP contribution in [0.3, 0.4) is 0 Å². The first-order valence-corrected chi connectivity index (χ1v) is 11.2. The second-order valence-electron chi connectivity index (χ2n) is 8.20. The van der Waals surface area contributed by atoms with Crippen LogP contribution in [0.15, 0.2) is 54.7 Å². The summed E-state index contributed by atoms with van der Waals surface area (Å²) in [5.74, 6) is -1.04. The van der Waals surface area contributed by atoms with Crippen LogP contribution in [-0.2, 0) is 4.79 Å². The molecule has 7 nitrogen and oxygen atoms in total. The van der Waals surface area contributed by atoms with Gasteiger partial charge in [0.2, 0.25) is 5.91 Å². The Hall–Kier alpha value is -3.49. The zero-order valence-electron chi connectivity index (χ0n) is 18.2. The number of anilines is 1. The summed E-state index contributed by atoms with van der Waals surface area (Å²) in [6.07, 6.45) is 2.81. The van der Waals surface area contributed by atoms with Crippen LogP contribution in [0.5, 0.6) is 0 Å². The van der Waals surface area contributed by atoms with E-state index in [1.165, 1.54) is 12.1 Å². The molecule has 0 spiro atoms. The molecular formula is C25H24ClFN4O3. The molecule has 2 heterocycles. The Bertz CT molecular complexity index is 1230. The van der Waals surface area contributed by atoms with Gasteiger partial charge in [0.25, 0.3) is 5.91 Å². The summed E-state index contributed by atoms with van der Waals surface area (Å²) in [5.41, 5.74) is 8.43. The Labute approximate surface area is 201 Å². The number of aliphatic hydroxyl groups is 1. The number of amides is 2. The molecule has 0 bridgehead atoms. The summed E-state index contributed by atoms with van der Waals surface area (Å²) < 4.78 is 15.0. The van der Waals surface area contributed by atoms with Gasteiger partial charge in [-0.2, -0.15) is 0 Å². The number of piperidine rings is 1. The molecule has 1 aromatic heterocycles. The number of hydrogen-bond donors (Lipinski definition) is 4. The molecule has 2 atom stereocenters. The normalized spacial score (nSPS) is 16.6. The molecule has 5 N–H and O–H groups in total. The van der Waals surface area contributed by atoms with Crippen LogP contribution in [0.25, 0.3) is 11.1 Å². The number of rotatable bonds is 6. The molecule has 1 aliphatic heterocycles. The number of aliphatic hydroxyl groups excluding tert-OH is 1. The van der Waals surface area contributed by atoms with Gasteiger partial charge in [0.1, 0.15) is 11.6 Å². The number of carbonyl (C=O) groups excluding carboxylic acids is 2. The lowest BCUT2D eigenvalue weighted by Gasteiger charge is -2.23. The van der Waals surface area contributed by atoms with E-state index in [0.29, 0.717) is 41.1 Å². The molecular weight excluding hydrogens is 459 g/mol. The fourth-order valence-corrected chi connectivity index (χ4v) is 4.22. The number of benzene rings is 2. The van der Waals surface area contributed by atoms with Crippen LogP contribution in [0, 0.1) is 5.82 Å². The van der Waals surface area contributed by atoms with E-state index in [9.17, 15) is 19.1 Å². The first kappa shape index (κ1) is 23.7. The second-order valence-corrected chi connectivity index (χ2v) is 8.64. The average molecular weight is 483 g/mol. The van der Waals surface area contributed by atoms with Crippen molar-refractivity contribution in [3.05, 3.63) is 82.3 Å². The third-order valence-corrected chi connectivity index (χ3v) is 6.18. The number of pyridine rings is 1. The molecule has 2 aromatic carbocycles. The zero-order chi connectivity index (χ0) is 24.2. The summed E-state index contributed by atoms with van der Waals surface area (Å²) in [6, 6.07) is 12.1. The maximum atomic E-state index is 15.0. The maximum Gasteiger partial charge on any atom is 0.254 e. The Morgan fingerprint density at radius 2 is 2.12 bits per heavy atom. The lowest BCUT2D eigenvalue weighted by Crippen LogP contribution is -2.33. The van der Waals surface area contributed by atoms with Crippen molar-refractivity contribution in [3.8, 4) is 11.1 Å². The fraction of sp³-hybridized carbons (Fsp3) is 0.240. The van der Waals surface area contributed by atoms with Gasteiger partial charge >= 0.3 is 0 Å². The molecule has 176 valence electrons. The molecule has 1 aliphatic rings. The lowest BCUT2D eigenvalue weighted by molar-refractivity contribution is -0.122. The minimum absolute atomic E-state index is 0.0228. The molecule has 4 rings (SSSR count). The van der Waals surface area contributed by atoms with Crippen LogP contribution < -0.4 is 16.4 Å². The minimum Gasteiger partial charge on any atom is -0.394 e. The van der Waals surface area contributed by atoms with Crippen molar-refractivity contribution in [3.63, 3.8) is 0 Å². The van der Waals surface area contributed by atoms with E-state index in [0.717, 1.165) is 5.56 Å². The highest BCUT2D eigenvalue weighted by molar-refractivity contribution is 6.30. The number of aromatic nitrogens is 1. The van der Waals surface area contributed by atoms with Gasteiger partial charge in [0.15, 0.2) is 0 Å². The van der Waals surface area contributed by atoms with Crippen molar-refractivity contribution >= 4 is 29.2 Å². The van der Waals surface area contributed by atoms with Crippen molar-refractivity contribution in [2.45, 2.75) is 24.8 Å². The quantitative estimate of drug-likeness (QED) is 0.428. The van der Waals surface area contributed by atoms with E-state index >= 15 is 0 Å². The van der Waals surface area contributed by atoms with E-state index in [1.807, 2.05) is 6.07 Å². The highest BCUT2D eigenvalue weighted by Crippen LogP contribution is 2.31. The summed E-state index contributed by atoms with van der Waals surface area (Å²) in [6.45, 7) is 0.137. The summed E-state index contributed by atoms with van der Waals surface area (Å²) >= 11 is 5.99. The standard InChI is InChI=1S/C25H24ClFN4O3/c26-18-3-1-2-15(8-18)22(13-32)31-25(34)19-6-4-14(10-21(19)27)20-9-17(12-30-24(20)28)16-5-7-23(33)29-11-16/h1-4,6,8-10,12,16,22,32H,5,7,11,13H2,(H2,28,30)(H,29,33)(H,31,34). The molecule has 1 fully saturated rings. The number of hydrogen-bond acceptors (Lipinski definition) is 5. The van der Waals surface area contributed by atoms with Gasteiger partial charge in [-0.25, -0.2) is 9.37 Å². The minimum atomic E-state index is -0.738. The van der Waals surface area contributed by atoms with Gasteiger partial charge in [-0.15, -0.1) is 0 Å². The van der Waals surface area contributed by atoms with Gasteiger partial charge in [-0.3, -0.25) is 9.59 Å². The predicted molar refractivity (Wildman–Crippen MR) is 128 cm³/mol. The first-order valence-electron chi connectivity index (χ1n) is 10.8. The predicted octanol–water partition coefficient (Wildman–Crippen LogP) is 3.58. The van der Waals surface area contributed by atoms with E-state index < -0.39 is 17.8 Å². The van der Waals surface area contributed by atoms with Gasteiger partial charge in [-0.05, 0) is 53.4 Å².